The van der Waals surface area contributed by atoms with Crippen LogP contribution in [0.5, 0.6) is 0 Å². The van der Waals surface area contributed by atoms with Crippen molar-refractivity contribution in [3.63, 3.8) is 0 Å². The Morgan fingerprint density at radius 2 is 1.65 bits per heavy atom. The number of amides is 3. The second-order valence-electron chi connectivity index (χ2n) is 13.5. The topological polar surface area (TPSA) is 139 Å². The molecular weight excluding hydrogens is 674 g/mol. The van der Waals surface area contributed by atoms with Crippen LogP contribution in [0.1, 0.15) is 78.7 Å². The first-order valence-corrected chi connectivity index (χ1v) is 19.5. The van der Waals surface area contributed by atoms with Crippen LogP contribution < -0.4 is 5.32 Å². The molecule has 2 N–H and O–H groups in total. The van der Waals surface area contributed by atoms with Crippen molar-refractivity contribution in [2.45, 2.75) is 88.0 Å². The number of carbonyl (C=O) groups is 3. The predicted molar refractivity (Wildman–Crippen MR) is 184 cm³/mol. The van der Waals surface area contributed by atoms with E-state index in [4.69, 9.17) is 16.6 Å². The minimum atomic E-state index is -4.01. The maximum atomic E-state index is 14.6. The zero-order valence-corrected chi connectivity index (χ0v) is 29.7. The van der Waals surface area contributed by atoms with E-state index in [0.29, 0.717) is 79.3 Å². The average molecular weight is 716 g/mol. The highest BCUT2D eigenvalue weighted by Gasteiger charge is 2.44. The molecule has 0 saturated carbocycles. The molecule has 6 heterocycles. The van der Waals surface area contributed by atoms with Crippen molar-refractivity contribution in [2.24, 2.45) is 0 Å². The summed E-state index contributed by atoms with van der Waals surface area (Å²) in [6, 6.07) is 5.99. The molecule has 4 unspecified atom stereocenters. The summed E-state index contributed by atoms with van der Waals surface area (Å²) in [5, 5.41) is 5.14. The molecule has 1 aromatic carbocycles. The van der Waals surface area contributed by atoms with Crippen LogP contribution in [-0.2, 0) is 26.2 Å². The molecule has 7 rings (SSSR count). The monoisotopic (exact) mass is 715 g/mol. The number of nitrogens with one attached hydrogen (secondary N) is 2. The van der Waals surface area contributed by atoms with E-state index >= 15 is 0 Å². The molecule has 48 heavy (non-hydrogen) atoms. The van der Waals surface area contributed by atoms with Gasteiger partial charge in [0.15, 0.2) is 5.01 Å². The van der Waals surface area contributed by atoms with Gasteiger partial charge in [0.2, 0.25) is 11.8 Å². The highest BCUT2D eigenvalue weighted by Crippen LogP contribution is 2.35. The van der Waals surface area contributed by atoms with Gasteiger partial charge < -0.3 is 25.0 Å². The first-order valence-electron chi connectivity index (χ1n) is 16.9. The lowest BCUT2D eigenvalue weighted by Gasteiger charge is -2.46. The summed E-state index contributed by atoms with van der Waals surface area (Å²) in [6.07, 6.45) is 3.42. The number of H-pyrrole nitrogens is 1. The van der Waals surface area contributed by atoms with Crippen LogP contribution >= 0.6 is 22.9 Å². The lowest BCUT2D eigenvalue weighted by atomic mass is 9.95. The second kappa shape index (κ2) is 13.3. The normalized spacial score (nSPS) is 25.4. The molecule has 4 aliphatic rings. The van der Waals surface area contributed by atoms with E-state index < -0.39 is 22.1 Å². The quantitative estimate of drug-likeness (QED) is 0.344. The lowest BCUT2D eigenvalue weighted by Crippen LogP contribution is -2.62. The van der Waals surface area contributed by atoms with E-state index in [1.54, 1.807) is 24.3 Å². The van der Waals surface area contributed by atoms with Gasteiger partial charge in [-0.3, -0.25) is 14.4 Å². The number of benzene rings is 1. The van der Waals surface area contributed by atoms with Gasteiger partial charge in [-0.1, -0.05) is 18.5 Å². The number of aromatic nitrogens is 2. The number of hydrogen-bond donors (Lipinski definition) is 2. The number of sulfonamides is 1. The zero-order valence-electron chi connectivity index (χ0n) is 27.3. The SMILES string of the molecule is CC1NCc2sc(C(=O)N3C(CCN4CCCC4=O)CN(S(=O)(=O)c4cc5cc(Cl)ccc5[nH]4)CC3CCN3CCCC3=O)nc2C1C. The molecule has 12 nitrogen and oxygen atoms in total. The summed E-state index contributed by atoms with van der Waals surface area (Å²) in [7, 11) is -4.01. The van der Waals surface area contributed by atoms with Gasteiger partial charge in [0.25, 0.3) is 15.9 Å². The summed E-state index contributed by atoms with van der Waals surface area (Å²) in [4.78, 5) is 54.3. The highest BCUT2D eigenvalue weighted by molar-refractivity contribution is 7.89. The van der Waals surface area contributed by atoms with Crippen LogP contribution in [0.15, 0.2) is 29.3 Å². The Bertz CT molecular complexity index is 1800. The van der Waals surface area contributed by atoms with Crippen molar-refractivity contribution in [3.05, 3.63) is 44.9 Å². The van der Waals surface area contributed by atoms with Gasteiger partial charge in [0.05, 0.1) is 5.69 Å². The number of thiazole rings is 1. The van der Waals surface area contributed by atoms with Crippen LogP contribution in [-0.4, -0.2) is 113 Å². The molecule has 0 radical (unpaired) electrons. The number of likely N-dealkylation sites (tertiary alicyclic amines) is 2. The summed E-state index contributed by atoms with van der Waals surface area (Å²) in [5.74, 6) is 0.0881. The van der Waals surface area contributed by atoms with Crippen LogP contribution in [0.2, 0.25) is 5.02 Å². The first kappa shape index (κ1) is 33.5. The Kier molecular flexibility index (Phi) is 9.30. The fourth-order valence-corrected chi connectivity index (χ4v) is 10.3. The van der Waals surface area contributed by atoms with Gasteiger partial charge in [-0.2, -0.15) is 4.31 Å². The molecule has 0 aliphatic carbocycles. The van der Waals surface area contributed by atoms with E-state index in [9.17, 15) is 22.8 Å². The molecule has 0 bridgehead atoms. The molecule has 3 saturated heterocycles. The summed E-state index contributed by atoms with van der Waals surface area (Å²) < 4.78 is 30.1. The van der Waals surface area contributed by atoms with Crippen molar-refractivity contribution in [2.75, 3.05) is 39.3 Å². The number of halogens is 1. The number of piperazine rings is 1. The van der Waals surface area contributed by atoms with Gasteiger partial charge in [-0.25, -0.2) is 13.4 Å². The molecule has 258 valence electrons. The molecule has 4 aliphatic heterocycles. The molecular formula is C33H42ClN7O5S2. The average Bonchev–Trinajstić information content (AvgIpc) is 3.87. The molecule has 3 aromatic rings. The van der Waals surface area contributed by atoms with E-state index in [2.05, 4.69) is 24.1 Å². The van der Waals surface area contributed by atoms with Crippen LogP contribution in [0.4, 0.5) is 0 Å². The van der Waals surface area contributed by atoms with Crippen LogP contribution in [0.25, 0.3) is 10.9 Å². The summed E-state index contributed by atoms with van der Waals surface area (Å²) in [5.41, 5.74) is 1.60. The molecule has 15 heteroatoms. The largest absolute Gasteiger partial charge is 0.345 e. The van der Waals surface area contributed by atoms with Crippen molar-refractivity contribution >= 4 is 61.6 Å². The smallest absolute Gasteiger partial charge is 0.283 e. The number of nitrogens with zero attached hydrogens (tertiary/aromatic N) is 5. The minimum absolute atomic E-state index is 0.0599. The molecule has 3 fully saturated rings. The van der Waals surface area contributed by atoms with Gasteiger partial charge in [-0.05, 0) is 56.9 Å². The third-order valence-corrected chi connectivity index (χ3v) is 13.6. The number of carbonyl (C=O) groups excluding carboxylic acids is 3. The Balaban J connectivity index is 1.24. The first-order chi connectivity index (χ1) is 23.0. The van der Waals surface area contributed by atoms with Crippen molar-refractivity contribution in [3.8, 4) is 0 Å². The third kappa shape index (κ3) is 6.37. The fourth-order valence-electron chi connectivity index (χ4n) is 7.57. The van der Waals surface area contributed by atoms with Gasteiger partial charge in [-0.15, -0.1) is 11.3 Å². The van der Waals surface area contributed by atoms with E-state index in [-0.39, 0.29) is 47.8 Å². The highest BCUT2D eigenvalue weighted by atomic mass is 35.5. The number of fused-ring (bicyclic) bond motifs is 2. The maximum absolute atomic E-state index is 14.6. The van der Waals surface area contributed by atoms with Crippen molar-refractivity contribution in [1.82, 2.24) is 34.3 Å². The fraction of sp³-hybridized carbons (Fsp3) is 0.576. The molecule has 0 spiro atoms. The molecule has 2 aromatic heterocycles. The van der Waals surface area contributed by atoms with Crippen LogP contribution in [0.3, 0.4) is 0 Å². The summed E-state index contributed by atoms with van der Waals surface area (Å²) in [6.45, 7) is 7.18. The Morgan fingerprint density at radius 3 is 2.25 bits per heavy atom. The predicted octanol–water partition coefficient (Wildman–Crippen LogP) is 3.78. The Hall–Kier alpha value is -3.04. The van der Waals surface area contributed by atoms with E-state index in [1.807, 2.05) is 14.7 Å². The maximum Gasteiger partial charge on any atom is 0.283 e. The zero-order chi connectivity index (χ0) is 33.7. The van der Waals surface area contributed by atoms with Gasteiger partial charge >= 0.3 is 0 Å². The standard InChI is InChI=1S/C33H42ClN7O5S2/c1-20-21(2)35-17-27-31(20)37-32(47-27)33(44)41-24(9-13-38-11-3-5-29(38)42)18-40(19-25(41)10-14-39-12-4-6-30(39)43)48(45,46)28-16-22-15-23(34)7-8-26(22)36-28/h7-8,15-16,20-21,24-25,35-36H,3-6,9-14,17-19H2,1-2H3. The minimum Gasteiger partial charge on any atom is -0.345 e. The molecule has 3 amide bonds. The van der Waals surface area contributed by atoms with Gasteiger partial charge in [0.1, 0.15) is 5.03 Å². The molecule has 4 atom stereocenters. The van der Waals surface area contributed by atoms with Crippen molar-refractivity contribution in [1.29, 1.82) is 0 Å². The second-order valence-corrected chi connectivity index (χ2v) is 17.0. The number of rotatable bonds is 9. The van der Waals surface area contributed by atoms with Crippen LogP contribution in [0, 0.1) is 0 Å². The van der Waals surface area contributed by atoms with Crippen molar-refractivity contribution < 1.29 is 22.8 Å². The van der Waals surface area contributed by atoms with Gasteiger partial charge in [0, 0.05) is 104 Å². The number of aromatic amines is 1. The third-order valence-electron chi connectivity index (χ3n) is 10.5. The van der Waals surface area contributed by atoms with E-state index in [1.165, 1.54) is 15.6 Å². The Labute approximate surface area is 289 Å². The lowest BCUT2D eigenvalue weighted by molar-refractivity contribution is -0.128. The Morgan fingerprint density at radius 1 is 1.00 bits per heavy atom. The summed E-state index contributed by atoms with van der Waals surface area (Å²) >= 11 is 7.60. The number of hydrogen-bond acceptors (Lipinski definition) is 8. The van der Waals surface area contributed by atoms with E-state index in [0.717, 1.165) is 23.4 Å².